The first kappa shape index (κ1) is 13.5. The van der Waals surface area contributed by atoms with Crippen molar-refractivity contribution in [1.82, 2.24) is 14.4 Å². The highest BCUT2D eigenvalue weighted by atomic mass is 16.2. The maximum Gasteiger partial charge on any atom is 0.274 e. The normalized spacial score (nSPS) is 11.0. The summed E-state index contributed by atoms with van der Waals surface area (Å²) >= 11 is 0. The summed E-state index contributed by atoms with van der Waals surface area (Å²) in [4.78, 5) is 21.5. The van der Waals surface area contributed by atoms with Crippen LogP contribution in [0.2, 0.25) is 0 Å². The van der Waals surface area contributed by atoms with Crippen LogP contribution in [0.5, 0.6) is 0 Å². The molecule has 23 heavy (non-hydrogen) atoms. The Bertz CT molecular complexity index is 1030. The van der Waals surface area contributed by atoms with E-state index in [9.17, 15) is 4.79 Å². The number of carbonyl (C=O) groups is 1. The van der Waals surface area contributed by atoms with E-state index in [1.54, 1.807) is 10.6 Å². The van der Waals surface area contributed by atoms with Crippen LogP contribution in [-0.4, -0.2) is 20.3 Å². The molecule has 4 aromatic rings. The molecule has 0 aliphatic rings. The molecule has 4 rings (SSSR count). The molecular formula is C18H14N4O. The van der Waals surface area contributed by atoms with Gasteiger partial charge in [0.15, 0.2) is 0 Å². The van der Waals surface area contributed by atoms with Gasteiger partial charge in [-0.3, -0.25) is 14.2 Å². The molecule has 0 aliphatic heterocycles. The molecule has 1 amide bonds. The van der Waals surface area contributed by atoms with Crippen LogP contribution < -0.4 is 5.32 Å². The third-order valence-corrected chi connectivity index (χ3v) is 3.81. The number of anilines is 1. The third kappa shape index (κ3) is 2.23. The molecule has 1 aromatic carbocycles. The summed E-state index contributed by atoms with van der Waals surface area (Å²) in [6, 6.07) is 15.1. The molecule has 0 fully saturated rings. The summed E-state index contributed by atoms with van der Waals surface area (Å²) in [5.41, 5.74) is 3.59. The van der Waals surface area contributed by atoms with E-state index in [4.69, 9.17) is 0 Å². The Hall–Kier alpha value is -3.21. The lowest BCUT2D eigenvalue weighted by Crippen LogP contribution is -2.15. The second-order valence-corrected chi connectivity index (χ2v) is 5.30. The Balaban J connectivity index is 1.78. The van der Waals surface area contributed by atoms with Crippen LogP contribution in [-0.2, 0) is 0 Å². The molecule has 5 nitrogen and oxygen atoms in total. The van der Waals surface area contributed by atoms with Crippen LogP contribution in [0, 0.1) is 6.92 Å². The fourth-order valence-corrected chi connectivity index (χ4v) is 2.78. The summed E-state index contributed by atoms with van der Waals surface area (Å²) in [7, 11) is 0. The number of amides is 1. The van der Waals surface area contributed by atoms with Gasteiger partial charge in [-0.25, -0.2) is 4.98 Å². The number of nitrogens with zero attached hydrogens (tertiary/aromatic N) is 3. The summed E-state index contributed by atoms with van der Waals surface area (Å²) in [6.45, 7) is 1.84. The van der Waals surface area contributed by atoms with Crippen molar-refractivity contribution < 1.29 is 4.79 Å². The predicted octanol–water partition coefficient (Wildman–Crippen LogP) is 3.44. The number of imidazole rings is 1. The Morgan fingerprint density at radius 1 is 1.09 bits per heavy atom. The number of carbonyl (C=O) groups excluding carboxylic acids is 1. The Morgan fingerprint density at radius 3 is 2.91 bits per heavy atom. The molecule has 0 bridgehead atoms. The first-order chi connectivity index (χ1) is 11.2. The van der Waals surface area contributed by atoms with Crippen molar-refractivity contribution in [2.45, 2.75) is 6.92 Å². The van der Waals surface area contributed by atoms with Gasteiger partial charge in [0, 0.05) is 17.8 Å². The molecule has 3 heterocycles. The lowest BCUT2D eigenvalue weighted by atomic mass is 10.1. The molecule has 0 radical (unpaired) electrons. The van der Waals surface area contributed by atoms with Crippen LogP contribution in [0.1, 0.15) is 16.2 Å². The minimum absolute atomic E-state index is 0.183. The minimum atomic E-state index is -0.183. The lowest BCUT2D eigenvalue weighted by molar-refractivity contribution is 0.102. The molecule has 0 spiro atoms. The number of hydrogen-bond donors (Lipinski definition) is 1. The van der Waals surface area contributed by atoms with E-state index in [0.717, 1.165) is 22.2 Å². The van der Waals surface area contributed by atoms with Crippen molar-refractivity contribution in [3.05, 3.63) is 72.3 Å². The number of hydrogen-bond acceptors (Lipinski definition) is 3. The van der Waals surface area contributed by atoms with Gasteiger partial charge in [0.2, 0.25) is 0 Å². The van der Waals surface area contributed by atoms with Gasteiger partial charge in [0.25, 0.3) is 5.91 Å². The SMILES string of the molecule is Cc1nc2ccccn2c1C(=O)Nc1cccc2ncccc12. The maximum atomic E-state index is 12.8. The quantitative estimate of drug-likeness (QED) is 0.617. The summed E-state index contributed by atoms with van der Waals surface area (Å²) in [5, 5.41) is 3.89. The Labute approximate surface area is 132 Å². The highest BCUT2D eigenvalue weighted by Gasteiger charge is 2.17. The van der Waals surface area contributed by atoms with Crippen LogP contribution in [0.3, 0.4) is 0 Å². The number of benzene rings is 1. The van der Waals surface area contributed by atoms with Crippen molar-refractivity contribution in [1.29, 1.82) is 0 Å². The second-order valence-electron chi connectivity index (χ2n) is 5.30. The van der Waals surface area contributed by atoms with Gasteiger partial charge in [-0.15, -0.1) is 0 Å². The largest absolute Gasteiger partial charge is 0.320 e. The van der Waals surface area contributed by atoms with E-state index >= 15 is 0 Å². The molecule has 0 atom stereocenters. The number of nitrogens with one attached hydrogen (secondary N) is 1. The topological polar surface area (TPSA) is 59.3 Å². The predicted molar refractivity (Wildman–Crippen MR) is 89.6 cm³/mol. The summed E-state index contributed by atoms with van der Waals surface area (Å²) < 4.78 is 1.80. The fraction of sp³-hybridized carbons (Fsp3) is 0.0556. The molecule has 1 N–H and O–H groups in total. The fourth-order valence-electron chi connectivity index (χ4n) is 2.78. The zero-order valence-electron chi connectivity index (χ0n) is 12.5. The number of aromatic nitrogens is 3. The van der Waals surface area contributed by atoms with Crippen LogP contribution in [0.15, 0.2) is 60.9 Å². The van der Waals surface area contributed by atoms with Gasteiger partial charge in [-0.05, 0) is 43.3 Å². The van der Waals surface area contributed by atoms with Crippen molar-refractivity contribution in [3.8, 4) is 0 Å². The lowest BCUT2D eigenvalue weighted by Gasteiger charge is -2.08. The maximum absolute atomic E-state index is 12.8. The van der Waals surface area contributed by atoms with Crippen molar-refractivity contribution in [3.63, 3.8) is 0 Å². The standard InChI is InChI=1S/C18H14N4O/c1-12-17(22-11-3-2-9-16(22)20-12)18(23)21-15-8-4-7-14-13(15)6-5-10-19-14/h2-11H,1H3,(H,21,23). The first-order valence-electron chi connectivity index (χ1n) is 7.33. The minimum Gasteiger partial charge on any atom is -0.320 e. The molecule has 0 saturated carbocycles. The van der Waals surface area contributed by atoms with E-state index in [0.29, 0.717) is 11.4 Å². The smallest absolute Gasteiger partial charge is 0.274 e. The third-order valence-electron chi connectivity index (χ3n) is 3.81. The number of rotatable bonds is 2. The van der Waals surface area contributed by atoms with Gasteiger partial charge in [0.1, 0.15) is 11.3 Å². The highest BCUT2D eigenvalue weighted by Crippen LogP contribution is 2.22. The van der Waals surface area contributed by atoms with Crippen LogP contribution in [0.4, 0.5) is 5.69 Å². The van der Waals surface area contributed by atoms with Crippen molar-refractivity contribution >= 4 is 28.1 Å². The van der Waals surface area contributed by atoms with Crippen molar-refractivity contribution in [2.75, 3.05) is 5.32 Å². The van der Waals surface area contributed by atoms with Crippen LogP contribution >= 0.6 is 0 Å². The summed E-state index contributed by atoms with van der Waals surface area (Å²) in [5.74, 6) is -0.183. The van der Waals surface area contributed by atoms with Gasteiger partial charge < -0.3 is 5.32 Å². The average Bonchev–Trinajstić information content (AvgIpc) is 2.91. The molecule has 112 valence electrons. The van der Waals surface area contributed by atoms with E-state index in [-0.39, 0.29) is 5.91 Å². The Kier molecular flexibility index (Phi) is 3.05. The van der Waals surface area contributed by atoms with E-state index in [1.165, 1.54) is 0 Å². The van der Waals surface area contributed by atoms with Gasteiger partial charge >= 0.3 is 0 Å². The Morgan fingerprint density at radius 2 is 2.00 bits per heavy atom. The van der Waals surface area contributed by atoms with E-state index < -0.39 is 0 Å². The highest BCUT2D eigenvalue weighted by molar-refractivity contribution is 6.08. The van der Waals surface area contributed by atoms with Crippen molar-refractivity contribution in [2.24, 2.45) is 0 Å². The molecule has 0 saturated heterocycles. The van der Waals surface area contributed by atoms with E-state index in [1.807, 2.05) is 61.7 Å². The molecule has 0 unspecified atom stereocenters. The first-order valence-corrected chi connectivity index (χ1v) is 7.33. The second kappa shape index (κ2) is 5.21. The molecule has 5 heteroatoms. The summed E-state index contributed by atoms with van der Waals surface area (Å²) in [6.07, 6.45) is 3.58. The average molecular weight is 302 g/mol. The van der Waals surface area contributed by atoms with E-state index in [2.05, 4.69) is 15.3 Å². The number of pyridine rings is 2. The van der Waals surface area contributed by atoms with Gasteiger partial charge in [0.05, 0.1) is 16.9 Å². The van der Waals surface area contributed by atoms with Crippen LogP contribution in [0.25, 0.3) is 16.6 Å². The monoisotopic (exact) mass is 302 g/mol. The van der Waals surface area contributed by atoms with Gasteiger partial charge in [-0.1, -0.05) is 12.1 Å². The number of aryl methyl sites for hydroxylation is 1. The number of fused-ring (bicyclic) bond motifs is 2. The zero-order valence-corrected chi connectivity index (χ0v) is 12.5. The molecular weight excluding hydrogens is 288 g/mol. The molecule has 0 aliphatic carbocycles. The molecule has 3 aromatic heterocycles. The van der Waals surface area contributed by atoms with Gasteiger partial charge in [-0.2, -0.15) is 0 Å². The zero-order chi connectivity index (χ0) is 15.8.